The van der Waals surface area contributed by atoms with Gasteiger partial charge in [-0.25, -0.2) is 22.2 Å². The molecule has 6 nitrogen and oxygen atoms in total. The summed E-state index contributed by atoms with van der Waals surface area (Å²) >= 11 is 0. The topological polar surface area (TPSA) is 89.3 Å². The van der Waals surface area contributed by atoms with Crippen LogP contribution in [0.4, 0.5) is 13.2 Å². The van der Waals surface area contributed by atoms with Gasteiger partial charge >= 0.3 is 12.1 Å². The van der Waals surface area contributed by atoms with Crippen LogP contribution in [0.5, 0.6) is 0 Å². The highest BCUT2D eigenvalue weighted by atomic mass is 32.2. The van der Waals surface area contributed by atoms with Gasteiger partial charge in [0.15, 0.2) is 5.65 Å². The first-order valence-corrected chi connectivity index (χ1v) is 12.6. The second-order valence-corrected chi connectivity index (χ2v) is 10.6. The average Bonchev–Trinajstić information content (AvgIpc) is 3.21. The van der Waals surface area contributed by atoms with Crippen LogP contribution in [0.3, 0.4) is 0 Å². The summed E-state index contributed by atoms with van der Waals surface area (Å²) in [5, 5.41) is 9.13. The van der Waals surface area contributed by atoms with Crippen molar-refractivity contribution in [1.29, 1.82) is 0 Å². The molecule has 0 unspecified atom stereocenters. The van der Waals surface area contributed by atoms with Gasteiger partial charge in [0.05, 0.1) is 16.0 Å². The lowest BCUT2D eigenvalue weighted by Crippen LogP contribution is -2.17. The van der Waals surface area contributed by atoms with Gasteiger partial charge in [0.25, 0.3) is 10.0 Å². The first-order valence-electron chi connectivity index (χ1n) is 11.1. The number of aromatic nitrogens is 2. The van der Waals surface area contributed by atoms with Crippen LogP contribution in [-0.4, -0.2) is 28.5 Å². The fourth-order valence-corrected chi connectivity index (χ4v) is 5.53. The Balaban J connectivity index is 1.82. The fraction of sp³-hybridized carbons (Fsp3) is 0.231. The van der Waals surface area contributed by atoms with E-state index < -0.39 is 27.7 Å². The van der Waals surface area contributed by atoms with Crippen molar-refractivity contribution in [2.75, 3.05) is 0 Å². The van der Waals surface area contributed by atoms with Crippen molar-refractivity contribution in [2.45, 2.75) is 43.7 Å². The molecule has 0 aliphatic carbocycles. The van der Waals surface area contributed by atoms with E-state index in [9.17, 15) is 26.4 Å². The van der Waals surface area contributed by atoms with Crippen LogP contribution in [0, 0.1) is 0 Å². The van der Waals surface area contributed by atoms with Crippen molar-refractivity contribution in [3.8, 4) is 0 Å². The molecule has 2 aromatic carbocycles. The second-order valence-electron chi connectivity index (χ2n) is 8.77. The zero-order chi connectivity index (χ0) is 26.3. The number of pyridine rings is 1. The van der Waals surface area contributed by atoms with E-state index in [0.29, 0.717) is 12.6 Å². The van der Waals surface area contributed by atoms with Crippen LogP contribution >= 0.6 is 0 Å². The van der Waals surface area contributed by atoms with Gasteiger partial charge in [-0.2, -0.15) is 13.2 Å². The van der Waals surface area contributed by atoms with Crippen LogP contribution in [0.15, 0.2) is 71.8 Å². The predicted molar refractivity (Wildman–Crippen MR) is 129 cm³/mol. The van der Waals surface area contributed by atoms with Crippen molar-refractivity contribution in [2.24, 2.45) is 0 Å². The normalized spacial score (nSPS) is 12.4. The summed E-state index contributed by atoms with van der Waals surface area (Å²) in [4.78, 5) is 15.0. The quantitative estimate of drug-likeness (QED) is 0.330. The molecular formula is C26H23F3N2O4S. The summed E-state index contributed by atoms with van der Waals surface area (Å²) in [5.41, 5.74) is 0.884. The van der Waals surface area contributed by atoms with Crippen LogP contribution < -0.4 is 0 Å². The van der Waals surface area contributed by atoms with Gasteiger partial charge in [0.2, 0.25) is 0 Å². The summed E-state index contributed by atoms with van der Waals surface area (Å²) in [6.45, 7) is 3.86. The predicted octanol–water partition coefficient (Wildman–Crippen LogP) is 5.90. The van der Waals surface area contributed by atoms with Crippen LogP contribution in [-0.2, 0) is 29.0 Å². The highest BCUT2D eigenvalue weighted by Crippen LogP contribution is 2.33. The molecule has 1 N–H and O–H groups in total. The van der Waals surface area contributed by atoms with Gasteiger partial charge < -0.3 is 5.11 Å². The monoisotopic (exact) mass is 516 g/mol. The number of carboxylic acid groups (broad SMARTS) is 1. The third-order valence-corrected chi connectivity index (χ3v) is 7.67. The molecule has 2 aromatic heterocycles. The zero-order valence-electron chi connectivity index (χ0n) is 19.5. The summed E-state index contributed by atoms with van der Waals surface area (Å²) in [7, 11) is -4.18. The first kappa shape index (κ1) is 25.4. The Hall–Kier alpha value is -3.66. The van der Waals surface area contributed by atoms with E-state index in [2.05, 4.69) is 4.98 Å². The Labute approximate surface area is 206 Å². The van der Waals surface area contributed by atoms with Crippen molar-refractivity contribution in [3.63, 3.8) is 0 Å². The second kappa shape index (κ2) is 9.42. The maximum absolute atomic E-state index is 13.8. The van der Waals surface area contributed by atoms with Crippen molar-refractivity contribution < 1.29 is 31.5 Å². The first-order chi connectivity index (χ1) is 16.9. The number of aryl methyl sites for hydroxylation is 2. The Bertz CT molecular complexity index is 1540. The molecule has 0 saturated carbocycles. The summed E-state index contributed by atoms with van der Waals surface area (Å²) in [6, 6.07) is 14.9. The maximum atomic E-state index is 13.8. The van der Waals surface area contributed by atoms with E-state index in [4.69, 9.17) is 5.11 Å². The lowest BCUT2D eigenvalue weighted by molar-refractivity contribution is -0.137. The minimum Gasteiger partial charge on any atom is -0.478 e. The molecule has 0 fully saturated rings. The molecule has 10 heteroatoms. The number of carbonyl (C=O) groups is 1. The van der Waals surface area contributed by atoms with E-state index in [-0.39, 0.29) is 39.5 Å². The standard InChI is InChI=1S/C26H23F3N2O4S/c1-16(2)19-4-3-5-23(14-19)36(34,35)31-22(11-8-17-6-9-18(10-7-17)25(32)33)13-20-12-21(26(27,28)29)15-30-24(20)31/h3-7,9-10,12-16H,8,11H2,1-2H3,(H,32,33). The highest BCUT2D eigenvalue weighted by Gasteiger charge is 2.32. The zero-order valence-corrected chi connectivity index (χ0v) is 20.3. The van der Waals surface area contributed by atoms with Crippen molar-refractivity contribution in [3.05, 3.63) is 94.8 Å². The number of hydrogen-bond donors (Lipinski definition) is 1. The van der Waals surface area contributed by atoms with Gasteiger partial charge in [0, 0.05) is 17.3 Å². The molecule has 0 aliphatic heterocycles. The van der Waals surface area contributed by atoms with Gasteiger partial charge in [-0.05, 0) is 66.3 Å². The molecule has 2 heterocycles. The summed E-state index contributed by atoms with van der Waals surface area (Å²) in [5.74, 6) is -0.995. The number of benzene rings is 2. The molecule has 4 rings (SSSR count). The number of carboxylic acids is 1. The lowest BCUT2D eigenvalue weighted by atomic mass is 10.0. The van der Waals surface area contributed by atoms with Crippen LogP contribution in [0.2, 0.25) is 0 Å². The Kier molecular flexibility index (Phi) is 6.66. The molecule has 0 radical (unpaired) electrons. The molecule has 36 heavy (non-hydrogen) atoms. The maximum Gasteiger partial charge on any atom is 0.417 e. The number of alkyl halides is 3. The number of hydrogen-bond acceptors (Lipinski definition) is 4. The van der Waals surface area contributed by atoms with Crippen molar-refractivity contribution >= 4 is 27.0 Å². The van der Waals surface area contributed by atoms with Crippen molar-refractivity contribution in [1.82, 2.24) is 8.96 Å². The lowest BCUT2D eigenvalue weighted by Gasteiger charge is -2.14. The number of nitrogens with zero attached hydrogens (tertiary/aromatic N) is 2. The summed E-state index contributed by atoms with van der Waals surface area (Å²) < 4.78 is 68.4. The van der Waals surface area contributed by atoms with E-state index >= 15 is 0 Å². The number of halogens is 3. The van der Waals surface area contributed by atoms with E-state index in [1.165, 1.54) is 24.3 Å². The molecular weight excluding hydrogens is 493 g/mol. The third kappa shape index (κ3) is 4.99. The molecule has 4 aromatic rings. The van der Waals surface area contributed by atoms with Crippen LogP contribution in [0.1, 0.15) is 52.5 Å². The van der Waals surface area contributed by atoms with Gasteiger partial charge in [-0.15, -0.1) is 0 Å². The van der Waals surface area contributed by atoms with E-state index in [0.717, 1.165) is 21.2 Å². The highest BCUT2D eigenvalue weighted by molar-refractivity contribution is 7.90. The fourth-order valence-electron chi connectivity index (χ4n) is 3.95. The van der Waals surface area contributed by atoms with Gasteiger partial charge in [-0.1, -0.05) is 38.1 Å². The van der Waals surface area contributed by atoms with Gasteiger partial charge in [-0.3, -0.25) is 0 Å². The Morgan fingerprint density at radius 1 is 1.03 bits per heavy atom. The number of fused-ring (bicyclic) bond motifs is 1. The molecule has 0 saturated heterocycles. The molecule has 188 valence electrons. The molecule has 0 atom stereocenters. The molecule has 0 bridgehead atoms. The van der Waals surface area contributed by atoms with E-state index in [1.807, 2.05) is 19.9 Å². The molecule has 0 aliphatic rings. The smallest absolute Gasteiger partial charge is 0.417 e. The van der Waals surface area contributed by atoms with Crippen LogP contribution in [0.25, 0.3) is 11.0 Å². The number of rotatable bonds is 7. The number of aromatic carboxylic acids is 1. The Morgan fingerprint density at radius 3 is 2.33 bits per heavy atom. The average molecular weight is 517 g/mol. The molecule has 0 amide bonds. The SMILES string of the molecule is CC(C)c1cccc(S(=O)(=O)n2c(CCc3ccc(C(=O)O)cc3)cc3cc(C(F)(F)F)cnc32)c1. The summed E-state index contributed by atoms with van der Waals surface area (Å²) in [6.07, 6.45) is -3.48. The third-order valence-electron chi connectivity index (χ3n) is 5.93. The Morgan fingerprint density at radius 2 is 1.72 bits per heavy atom. The largest absolute Gasteiger partial charge is 0.478 e. The molecule has 0 spiro atoms. The minimum absolute atomic E-state index is 0.0139. The van der Waals surface area contributed by atoms with Gasteiger partial charge in [0.1, 0.15) is 0 Å². The van der Waals surface area contributed by atoms with E-state index in [1.54, 1.807) is 24.3 Å². The minimum atomic E-state index is -4.63.